The number of fused-ring (bicyclic) bond motifs is 2. The lowest BCUT2D eigenvalue weighted by atomic mass is 9.72. The van der Waals surface area contributed by atoms with E-state index in [1.54, 1.807) is 32.9 Å². The Bertz CT molecular complexity index is 1690. The summed E-state index contributed by atoms with van der Waals surface area (Å²) in [7, 11) is 0. The molecule has 3 aromatic carbocycles. The second kappa shape index (κ2) is 9.11. The first-order chi connectivity index (χ1) is 18.5. The number of hydrogen-bond acceptors (Lipinski definition) is 4. The van der Waals surface area contributed by atoms with Crippen LogP contribution in [0.5, 0.6) is 0 Å². The van der Waals surface area contributed by atoms with Gasteiger partial charge in [-0.3, -0.25) is 0 Å². The van der Waals surface area contributed by atoms with Gasteiger partial charge >= 0.3 is 12.4 Å². The summed E-state index contributed by atoms with van der Waals surface area (Å²) in [4.78, 5) is 8.46. The lowest BCUT2D eigenvalue weighted by molar-refractivity contribution is -0.288. The maximum atomic E-state index is 14.8. The highest BCUT2D eigenvalue weighted by atomic mass is 19.4. The van der Waals surface area contributed by atoms with Crippen molar-refractivity contribution in [2.24, 2.45) is 0 Å². The van der Waals surface area contributed by atoms with Crippen LogP contribution < -0.4 is 0 Å². The molecule has 2 aromatic heterocycles. The highest BCUT2D eigenvalue weighted by Crippen LogP contribution is 2.56. The average Bonchev–Trinajstić information content (AvgIpc) is 3.46. The van der Waals surface area contributed by atoms with Gasteiger partial charge in [0.1, 0.15) is 11.0 Å². The van der Waals surface area contributed by atoms with Gasteiger partial charge in [0.15, 0.2) is 11.2 Å². The van der Waals surface area contributed by atoms with Crippen molar-refractivity contribution in [1.29, 1.82) is 0 Å². The van der Waals surface area contributed by atoms with E-state index in [1.165, 1.54) is 0 Å². The molecule has 0 atom stereocenters. The van der Waals surface area contributed by atoms with Crippen LogP contribution in [0.25, 0.3) is 33.7 Å². The van der Waals surface area contributed by atoms with Crippen LogP contribution in [0.15, 0.2) is 69.5 Å². The Morgan fingerprint density at radius 3 is 1.75 bits per heavy atom. The van der Waals surface area contributed by atoms with Crippen LogP contribution in [0.1, 0.15) is 63.1 Å². The molecule has 0 saturated heterocycles. The molecule has 10 heteroatoms. The van der Waals surface area contributed by atoms with Gasteiger partial charge in [0.25, 0.3) is 0 Å². The SMILES string of the molecule is CC(C)c1cccc(-c2nc3cc(C(c4ccc5oc(C(C)(C)C)nc5c4)(C(F)(F)F)C(F)(F)F)ccc3o2)c1. The molecule has 0 radical (unpaired) electrons. The number of benzene rings is 3. The number of rotatable bonds is 4. The minimum atomic E-state index is -5.76. The third-order valence-electron chi connectivity index (χ3n) is 6.93. The zero-order valence-electron chi connectivity index (χ0n) is 22.3. The van der Waals surface area contributed by atoms with E-state index in [2.05, 4.69) is 9.97 Å². The Kier molecular flexibility index (Phi) is 6.31. The normalized spacial score (nSPS) is 13.6. The molecule has 210 valence electrons. The molecule has 0 saturated carbocycles. The van der Waals surface area contributed by atoms with Crippen LogP contribution in [0, 0.1) is 0 Å². The van der Waals surface area contributed by atoms with Crippen LogP contribution in [-0.2, 0) is 10.8 Å². The number of hydrogen-bond donors (Lipinski definition) is 0. The van der Waals surface area contributed by atoms with Gasteiger partial charge in [0.2, 0.25) is 17.2 Å². The van der Waals surface area contributed by atoms with Crippen molar-refractivity contribution in [2.45, 2.75) is 63.7 Å². The quantitative estimate of drug-likeness (QED) is 0.206. The summed E-state index contributed by atoms with van der Waals surface area (Å²) in [6.07, 6.45) is -11.5. The molecule has 4 nitrogen and oxygen atoms in total. The summed E-state index contributed by atoms with van der Waals surface area (Å²) in [5.74, 6) is 0.483. The van der Waals surface area contributed by atoms with Crippen LogP contribution >= 0.6 is 0 Å². The van der Waals surface area contributed by atoms with Crippen molar-refractivity contribution in [1.82, 2.24) is 9.97 Å². The first-order valence-corrected chi connectivity index (χ1v) is 12.6. The van der Waals surface area contributed by atoms with E-state index >= 15 is 0 Å². The van der Waals surface area contributed by atoms with Gasteiger partial charge in [0, 0.05) is 11.0 Å². The van der Waals surface area contributed by atoms with Gasteiger partial charge in [-0.25, -0.2) is 9.97 Å². The smallest absolute Gasteiger partial charge is 0.411 e. The van der Waals surface area contributed by atoms with Gasteiger partial charge in [-0.05, 0) is 59.0 Å². The van der Waals surface area contributed by atoms with Gasteiger partial charge in [-0.1, -0.05) is 58.9 Å². The van der Waals surface area contributed by atoms with E-state index in [0.717, 1.165) is 42.0 Å². The average molecular weight is 561 g/mol. The standard InChI is InChI=1S/C30H26F6N2O2/c1-16(2)17-7-6-8-18(13-17)25-37-21-14-19(9-11-23(21)39-25)28(29(31,32)33,30(34,35)36)20-10-12-24-22(15-20)38-26(40-24)27(3,4)5/h6-16H,1-5H3. The van der Waals surface area contributed by atoms with E-state index in [9.17, 15) is 26.3 Å². The fraction of sp³-hybridized carbons (Fsp3) is 0.333. The topological polar surface area (TPSA) is 52.1 Å². The molecule has 5 aromatic rings. The fourth-order valence-corrected chi connectivity index (χ4v) is 4.78. The zero-order chi connectivity index (χ0) is 29.3. The Labute approximate surface area is 226 Å². The lowest BCUT2D eigenvalue weighted by Gasteiger charge is -2.38. The number of oxazole rings is 2. The first-order valence-electron chi connectivity index (χ1n) is 12.6. The second-order valence-electron chi connectivity index (χ2n) is 11.2. The van der Waals surface area contributed by atoms with Crippen LogP contribution in [0.2, 0.25) is 0 Å². The monoisotopic (exact) mass is 560 g/mol. The predicted octanol–water partition coefficient (Wildman–Crippen LogP) is 9.47. The molecule has 0 bridgehead atoms. The molecule has 0 amide bonds. The number of nitrogens with zero attached hydrogens (tertiary/aromatic N) is 2. The molecule has 40 heavy (non-hydrogen) atoms. The van der Waals surface area contributed by atoms with Gasteiger partial charge in [-0.15, -0.1) is 0 Å². The summed E-state index contributed by atoms with van der Waals surface area (Å²) in [5, 5.41) is 0. The number of alkyl halides is 6. The molecule has 2 heterocycles. The maximum Gasteiger partial charge on any atom is 0.411 e. The summed E-state index contributed by atoms with van der Waals surface area (Å²) in [5.41, 5.74) is -5.56. The summed E-state index contributed by atoms with van der Waals surface area (Å²) in [6.45, 7) is 9.30. The van der Waals surface area contributed by atoms with E-state index in [1.807, 2.05) is 26.0 Å². The Morgan fingerprint density at radius 1 is 0.675 bits per heavy atom. The van der Waals surface area contributed by atoms with Crippen molar-refractivity contribution < 1.29 is 35.2 Å². The molecule has 0 N–H and O–H groups in total. The summed E-state index contributed by atoms with van der Waals surface area (Å²) < 4.78 is 100. The van der Waals surface area contributed by atoms with Crippen molar-refractivity contribution in [2.75, 3.05) is 0 Å². The summed E-state index contributed by atoms with van der Waals surface area (Å²) >= 11 is 0. The predicted molar refractivity (Wildman–Crippen MR) is 139 cm³/mol. The third kappa shape index (κ3) is 4.43. The third-order valence-corrected chi connectivity index (χ3v) is 6.93. The minimum Gasteiger partial charge on any atom is -0.440 e. The Hall–Kier alpha value is -3.82. The minimum absolute atomic E-state index is 0.0636. The number of halogens is 6. The van der Waals surface area contributed by atoms with Crippen LogP contribution in [0.4, 0.5) is 26.3 Å². The Balaban J connectivity index is 1.72. The lowest BCUT2D eigenvalue weighted by Crippen LogP contribution is -2.54. The maximum absolute atomic E-state index is 14.8. The highest BCUT2D eigenvalue weighted by molar-refractivity contribution is 5.79. The van der Waals surface area contributed by atoms with E-state index in [-0.39, 0.29) is 39.9 Å². The van der Waals surface area contributed by atoms with Crippen molar-refractivity contribution in [3.8, 4) is 11.5 Å². The van der Waals surface area contributed by atoms with Crippen LogP contribution in [-0.4, -0.2) is 22.3 Å². The molecule has 0 spiro atoms. The van der Waals surface area contributed by atoms with E-state index in [4.69, 9.17) is 8.83 Å². The van der Waals surface area contributed by atoms with E-state index in [0.29, 0.717) is 5.56 Å². The number of aromatic nitrogens is 2. The zero-order valence-corrected chi connectivity index (χ0v) is 22.3. The molecule has 0 fully saturated rings. The van der Waals surface area contributed by atoms with Gasteiger partial charge in [-0.2, -0.15) is 26.3 Å². The van der Waals surface area contributed by atoms with Crippen molar-refractivity contribution >= 4 is 22.2 Å². The molecular formula is C30H26F6N2O2. The second-order valence-corrected chi connectivity index (χ2v) is 11.2. The van der Waals surface area contributed by atoms with E-state index < -0.39 is 34.3 Å². The Morgan fingerprint density at radius 2 is 1.23 bits per heavy atom. The van der Waals surface area contributed by atoms with Crippen molar-refractivity contribution in [3.05, 3.63) is 83.2 Å². The largest absolute Gasteiger partial charge is 0.440 e. The molecular weight excluding hydrogens is 534 g/mol. The van der Waals surface area contributed by atoms with Gasteiger partial charge in [0.05, 0.1) is 0 Å². The molecule has 0 aliphatic carbocycles. The fourth-order valence-electron chi connectivity index (χ4n) is 4.78. The van der Waals surface area contributed by atoms with Crippen molar-refractivity contribution in [3.63, 3.8) is 0 Å². The molecule has 0 unspecified atom stereocenters. The van der Waals surface area contributed by atoms with Crippen LogP contribution in [0.3, 0.4) is 0 Å². The highest BCUT2D eigenvalue weighted by Gasteiger charge is 2.72. The summed E-state index contributed by atoms with van der Waals surface area (Å²) in [6, 6.07) is 12.6. The molecule has 5 rings (SSSR count). The molecule has 0 aliphatic heterocycles. The molecule has 0 aliphatic rings. The van der Waals surface area contributed by atoms with Gasteiger partial charge < -0.3 is 8.83 Å². The first kappa shape index (κ1) is 27.7.